The van der Waals surface area contributed by atoms with E-state index in [0.29, 0.717) is 37.4 Å². The highest BCUT2D eigenvalue weighted by atomic mass is 35.5. The fourth-order valence-electron chi connectivity index (χ4n) is 2.63. The van der Waals surface area contributed by atoms with Gasteiger partial charge in [0, 0.05) is 23.7 Å². The quantitative estimate of drug-likeness (QED) is 0.837. The summed E-state index contributed by atoms with van der Waals surface area (Å²) in [6.07, 6.45) is 1.47. The van der Waals surface area contributed by atoms with Gasteiger partial charge in [0.1, 0.15) is 0 Å². The van der Waals surface area contributed by atoms with Crippen LogP contribution in [0.2, 0.25) is 5.02 Å². The maximum Gasteiger partial charge on any atom is 0.220 e. The van der Waals surface area contributed by atoms with Gasteiger partial charge in [-0.3, -0.25) is 9.48 Å². The number of halogens is 1. The van der Waals surface area contributed by atoms with Crippen LogP contribution in [0, 0.1) is 25.2 Å². The predicted octanol–water partition coefficient (Wildman–Crippen LogP) is 3.32. The Labute approximate surface area is 147 Å². The van der Waals surface area contributed by atoms with Gasteiger partial charge >= 0.3 is 0 Å². The third-order valence-corrected chi connectivity index (χ3v) is 4.37. The van der Waals surface area contributed by atoms with Crippen LogP contribution in [-0.2, 0) is 24.3 Å². The number of hydrogen-bond donors (Lipinski definition) is 1. The zero-order chi connectivity index (χ0) is 17.5. The number of nitrogens with one attached hydrogen (secondary N) is 1. The minimum Gasteiger partial charge on any atom is -0.352 e. The number of carbonyl (C=O) groups is 1. The van der Waals surface area contributed by atoms with Gasteiger partial charge in [0.25, 0.3) is 0 Å². The molecule has 0 atom stereocenters. The second kappa shape index (κ2) is 8.51. The van der Waals surface area contributed by atoms with E-state index in [1.807, 2.05) is 42.8 Å². The van der Waals surface area contributed by atoms with Crippen LogP contribution in [0.3, 0.4) is 0 Å². The predicted molar refractivity (Wildman–Crippen MR) is 93.6 cm³/mol. The molecule has 0 aliphatic heterocycles. The van der Waals surface area contributed by atoms with Gasteiger partial charge in [-0.05, 0) is 37.5 Å². The van der Waals surface area contributed by atoms with Gasteiger partial charge in [-0.25, -0.2) is 0 Å². The Kier molecular flexibility index (Phi) is 6.39. The van der Waals surface area contributed by atoms with Crippen molar-refractivity contribution in [3.05, 3.63) is 51.8 Å². The number of amides is 1. The molecule has 1 N–H and O–H groups in total. The molecule has 1 amide bonds. The Morgan fingerprint density at radius 1 is 1.38 bits per heavy atom. The maximum absolute atomic E-state index is 12.1. The van der Waals surface area contributed by atoms with Crippen LogP contribution in [0.4, 0.5) is 0 Å². The first-order chi connectivity index (χ1) is 11.5. The number of hydrogen-bond acceptors (Lipinski definition) is 3. The maximum atomic E-state index is 12.1. The summed E-state index contributed by atoms with van der Waals surface area (Å²) in [5, 5.41) is 16.7. The lowest BCUT2D eigenvalue weighted by Crippen LogP contribution is -2.23. The van der Waals surface area contributed by atoms with Gasteiger partial charge in [0.2, 0.25) is 5.91 Å². The molecule has 1 aromatic carbocycles. The van der Waals surface area contributed by atoms with Gasteiger partial charge < -0.3 is 5.32 Å². The van der Waals surface area contributed by atoms with Gasteiger partial charge in [-0.1, -0.05) is 29.8 Å². The first-order valence-electron chi connectivity index (χ1n) is 7.93. The molecule has 0 aliphatic carbocycles. The highest BCUT2D eigenvalue weighted by Gasteiger charge is 2.13. The number of benzene rings is 1. The summed E-state index contributed by atoms with van der Waals surface area (Å²) in [5.41, 5.74) is 3.94. The average Bonchev–Trinajstić information content (AvgIpc) is 2.84. The van der Waals surface area contributed by atoms with Crippen molar-refractivity contribution in [1.82, 2.24) is 15.1 Å². The zero-order valence-corrected chi connectivity index (χ0v) is 14.7. The molecule has 0 fully saturated rings. The molecule has 0 saturated heterocycles. The molecule has 0 unspecified atom stereocenters. The smallest absolute Gasteiger partial charge is 0.220 e. The van der Waals surface area contributed by atoms with E-state index >= 15 is 0 Å². The highest BCUT2D eigenvalue weighted by Crippen LogP contribution is 2.16. The molecule has 2 aromatic rings. The molecule has 0 saturated carbocycles. The summed E-state index contributed by atoms with van der Waals surface area (Å²) >= 11 is 6.08. The summed E-state index contributed by atoms with van der Waals surface area (Å²) < 4.78 is 1.84. The Hall–Kier alpha value is -2.32. The first kappa shape index (κ1) is 18.0. The molecule has 1 aromatic heterocycles. The summed E-state index contributed by atoms with van der Waals surface area (Å²) in [7, 11) is 0. The Balaban J connectivity index is 1.89. The summed E-state index contributed by atoms with van der Waals surface area (Å²) in [6, 6.07) is 9.60. The normalized spacial score (nSPS) is 10.4. The lowest BCUT2D eigenvalue weighted by Gasteiger charge is -2.07. The molecule has 5 nitrogen and oxygen atoms in total. The second-order valence-corrected chi connectivity index (χ2v) is 6.06. The molecule has 0 radical (unpaired) electrons. The van der Waals surface area contributed by atoms with Crippen molar-refractivity contribution in [3.63, 3.8) is 0 Å². The third-order valence-electron chi connectivity index (χ3n) is 4.00. The van der Waals surface area contributed by atoms with E-state index in [4.69, 9.17) is 16.9 Å². The molecule has 126 valence electrons. The topological polar surface area (TPSA) is 70.7 Å². The number of nitriles is 1. The van der Waals surface area contributed by atoms with Crippen molar-refractivity contribution in [1.29, 1.82) is 5.26 Å². The van der Waals surface area contributed by atoms with Crippen LogP contribution in [0.1, 0.15) is 35.4 Å². The molecule has 2 rings (SSSR count). The van der Waals surface area contributed by atoms with Crippen molar-refractivity contribution in [2.24, 2.45) is 0 Å². The van der Waals surface area contributed by atoms with Crippen LogP contribution >= 0.6 is 11.6 Å². The average molecular weight is 345 g/mol. The van der Waals surface area contributed by atoms with E-state index < -0.39 is 0 Å². The number of nitrogens with zero attached hydrogens (tertiary/aromatic N) is 3. The van der Waals surface area contributed by atoms with Gasteiger partial charge in [-0.15, -0.1) is 0 Å². The van der Waals surface area contributed by atoms with Crippen LogP contribution in [-0.4, -0.2) is 15.7 Å². The largest absolute Gasteiger partial charge is 0.352 e. The fraction of sp³-hybridized carbons (Fsp3) is 0.389. The van der Waals surface area contributed by atoms with Gasteiger partial charge in [-0.2, -0.15) is 10.4 Å². The standard InChI is InChI=1S/C18H21ClN4O/c1-13-16(14(2)23(22-13)11-5-10-20)8-9-18(24)21-12-15-6-3-4-7-17(15)19/h3-4,6-7H,5,8-9,11-12H2,1-2H3,(H,21,24). The van der Waals surface area contributed by atoms with E-state index in [9.17, 15) is 4.79 Å². The van der Waals surface area contributed by atoms with Crippen molar-refractivity contribution in [3.8, 4) is 6.07 Å². The summed E-state index contributed by atoms with van der Waals surface area (Å²) in [4.78, 5) is 12.1. The minimum atomic E-state index is -0.0153. The van der Waals surface area contributed by atoms with E-state index in [0.717, 1.165) is 22.5 Å². The summed E-state index contributed by atoms with van der Waals surface area (Å²) in [5.74, 6) is -0.0153. The Morgan fingerprint density at radius 3 is 2.83 bits per heavy atom. The van der Waals surface area contributed by atoms with E-state index in [-0.39, 0.29) is 5.91 Å². The van der Waals surface area contributed by atoms with Crippen molar-refractivity contribution in [2.75, 3.05) is 0 Å². The minimum absolute atomic E-state index is 0.0153. The van der Waals surface area contributed by atoms with E-state index in [2.05, 4.69) is 16.5 Å². The monoisotopic (exact) mass is 344 g/mol. The molecular weight excluding hydrogens is 324 g/mol. The Bertz CT molecular complexity index is 761. The van der Waals surface area contributed by atoms with Crippen LogP contribution in [0.5, 0.6) is 0 Å². The molecule has 0 bridgehead atoms. The van der Waals surface area contributed by atoms with Gasteiger partial charge in [0.05, 0.1) is 24.7 Å². The van der Waals surface area contributed by atoms with Crippen LogP contribution < -0.4 is 5.32 Å². The number of rotatable bonds is 7. The molecular formula is C18H21ClN4O. The number of carbonyl (C=O) groups excluding carboxylic acids is 1. The van der Waals surface area contributed by atoms with Crippen molar-refractivity contribution >= 4 is 17.5 Å². The molecule has 1 heterocycles. The first-order valence-corrected chi connectivity index (χ1v) is 8.30. The lowest BCUT2D eigenvalue weighted by atomic mass is 10.1. The zero-order valence-electron chi connectivity index (χ0n) is 14.0. The third kappa shape index (κ3) is 4.59. The highest BCUT2D eigenvalue weighted by molar-refractivity contribution is 6.31. The van der Waals surface area contributed by atoms with Gasteiger partial charge in [0.15, 0.2) is 0 Å². The van der Waals surface area contributed by atoms with E-state index in [1.54, 1.807) is 0 Å². The van der Waals surface area contributed by atoms with Crippen molar-refractivity contribution < 1.29 is 4.79 Å². The van der Waals surface area contributed by atoms with Crippen molar-refractivity contribution in [2.45, 2.75) is 46.2 Å². The summed E-state index contributed by atoms with van der Waals surface area (Å²) in [6.45, 7) is 4.93. The molecule has 0 spiro atoms. The fourth-order valence-corrected chi connectivity index (χ4v) is 2.83. The molecule has 0 aliphatic rings. The number of aromatic nitrogens is 2. The SMILES string of the molecule is Cc1nn(CCC#N)c(C)c1CCC(=O)NCc1ccccc1Cl. The Morgan fingerprint density at radius 2 is 2.12 bits per heavy atom. The van der Waals surface area contributed by atoms with E-state index in [1.165, 1.54) is 0 Å². The number of aryl methyl sites for hydroxylation is 2. The van der Waals surface area contributed by atoms with Crippen LogP contribution in [0.15, 0.2) is 24.3 Å². The molecule has 24 heavy (non-hydrogen) atoms. The second-order valence-electron chi connectivity index (χ2n) is 5.65. The lowest BCUT2D eigenvalue weighted by molar-refractivity contribution is -0.121. The molecule has 6 heteroatoms. The van der Waals surface area contributed by atoms with Crippen LogP contribution in [0.25, 0.3) is 0 Å².